The van der Waals surface area contributed by atoms with Gasteiger partial charge in [0.15, 0.2) is 0 Å². The van der Waals surface area contributed by atoms with Gasteiger partial charge in [-0.05, 0) is 28.8 Å². The van der Waals surface area contributed by atoms with Gasteiger partial charge in [0, 0.05) is 6.42 Å². The lowest BCUT2D eigenvalue weighted by molar-refractivity contribution is -0.177. The van der Waals surface area contributed by atoms with Crippen molar-refractivity contribution in [2.24, 2.45) is 0 Å². The molecule has 3 amide bonds. The molecule has 0 aliphatic carbocycles. The molecule has 5 rings (SSSR count). The Morgan fingerprint density at radius 1 is 0.667 bits per heavy atom. The summed E-state index contributed by atoms with van der Waals surface area (Å²) in [6.07, 6.45) is 0.0680. The Kier molecular flexibility index (Phi) is 6.43. The molecule has 0 fully saturated rings. The van der Waals surface area contributed by atoms with Gasteiger partial charge in [-0.15, -0.1) is 0 Å². The van der Waals surface area contributed by atoms with Crippen molar-refractivity contribution in [1.29, 1.82) is 0 Å². The van der Waals surface area contributed by atoms with Crippen molar-refractivity contribution in [3.05, 3.63) is 143 Å². The first-order valence-corrected chi connectivity index (χ1v) is 11.7. The molecule has 0 unspecified atom stereocenters. The van der Waals surface area contributed by atoms with E-state index in [9.17, 15) is 19.6 Å². The van der Waals surface area contributed by atoms with Gasteiger partial charge in [0.25, 0.3) is 17.7 Å². The molecule has 1 N–H and O–H groups in total. The summed E-state index contributed by atoms with van der Waals surface area (Å²) < 4.78 is 0. The van der Waals surface area contributed by atoms with Crippen LogP contribution in [0.4, 0.5) is 0 Å². The smallest absolute Gasteiger partial charge is 0.270 e. The summed E-state index contributed by atoms with van der Waals surface area (Å²) in [4.78, 5) is 41.6. The molecule has 1 atom stereocenters. The largest absolute Gasteiger partial charge is 0.285 e. The Morgan fingerprint density at radius 3 is 1.56 bits per heavy atom. The molecule has 1 aliphatic rings. The summed E-state index contributed by atoms with van der Waals surface area (Å²) in [5.41, 5.74) is 2.65. The van der Waals surface area contributed by atoms with E-state index in [1.165, 1.54) is 0 Å². The van der Waals surface area contributed by atoms with Crippen molar-refractivity contribution >= 4 is 17.7 Å². The van der Waals surface area contributed by atoms with Gasteiger partial charge in [-0.3, -0.25) is 24.5 Å². The summed E-state index contributed by atoms with van der Waals surface area (Å²) in [7, 11) is 0. The number of carbonyl (C=O) groups excluding carboxylic acids is 3. The zero-order chi connectivity index (χ0) is 25.1. The van der Waals surface area contributed by atoms with E-state index in [1.54, 1.807) is 24.3 Å². The van der Waals surface area contributed by atoms with Gasteiger partial charge >= 0.3 is 0 Å². The van der Waals surface area contributed by atoms with Crippen LogP contribution in [0.2, 0.25) is 0 Å². The number of benzene rings is 4. The number of hydroxylamine groups is 2. The molecule has 0 aromatic heterocycles. The molecule has 6 nitrogen and oxygen atoms in total. The fraction of sp³-hybridized carbons (Fsp3) is 0.100. The number of hydrogen-bond acceptors (Lipinski definition) is 4. The van der Waals surface area contributed by atoms with Crippen LogP contribution in [0, 0.1) is 0 Å². The van der Waals surface area contributed by atoms with Crippen molar-refractivity contribution < 1.29 is 19.6 Å². The normalized spacial score (nSPS) is 13.6. The SMILES string of the molecule is O=C([C@H](Cc1ccccc1)N1C(=O)c2ccccc2C1=O)N(O)C(c1ccccc1)c1ccccc1. The number of nitrogens with zero attached hydrogens (tertiary/aromatic N) is 2. The number of hydrogen-bond donors (Lipinski definition) is 1. The average Bonchev–Trinajstić information content (AvgIpc) is 3.18. The minimum Gasteiger partial charge on any atom is -0.285 e. The highest BCUT2D eigenvalue weighted by molar-refractivity contribution is 6.22. The maximum Gasteiger partial charge on any atom is 0.270 e. The Morgan fingerprint density at radius 2 is 1.08 bits per heavy atom. The summed E-state index contributed by atoms with van der Waals surface area (Å²) >= 11 is 0. The molecule has 1 heterocycles. The standard InChI is InChI=1S/C30H24N2O4/c33-28-24-18-10-11-19-25(24)29(34)31(28)26(20-21-12-4-1-5-13-21)30(35)32(36)27(22-14-6-2-7-15-22)23-16-8-3-9-17-23/h1-19,26-27,36H,20H2/t26-/m0/s1. The van der Waals surface area contributed by atoms with Crippen LogP contribution in [0.25, 0.3) is 0 Å². The third-order valence-electron chi connectivity index (χ3n) is 6.40. The molecule has 4 aromatic rings. The number of amides is 3. The van der Waals surface area contributed by atoms with Crippen LogP contribution in [0.15, 0.2) is 115 Å². The second-order valence-electron chi connectivity index (χ2n) is 8.64. The van der Waals surface area contributed by atoms with E-state index in [2.05, 4.69) is 0 Å². The quantitative estimate of drug-likeness (QED) is 0.234. The lowest BCUT2D eigenvalue weighted by Crippen LogP contribution is -2.52. The van der Waals surface area contributed by atoms with Gasteiger partial charge in [-0.1, -0.05) is 103 Å². The Bertz CT molecular complexity index is 1320. The summed E-state index contributed by atoms with van der Waals surface area (Å²) in [5.74, 6) is -1.84. The van der Waals surface area contributed by atoms with Crippen LogP contribution in [0.1, 0.15) is 43.4 Å². The van der Waals surface area contributed by atoms with E-state index < -0.39 is 29.8 Å². The van der Waals surface area contributed by atoms with E-state index in [1.807, 2.05) is 91.0 Å². The van der Waals surface area contributed by atoms with Gasteiger partial charge in [0.1, 0.15) is 12.1 Å². The number of imide groups is 1. The van der Waals surface area contributed by atoms with E-state index in [-0.39, 0.29) is 17.5 Å². The highest BCUT2D eigenvalue weighted by Gasteiger charge is 2.45. The van der Waals surface area contributed by atoms with Crippen LogP contribution in [0.5, 0.6) is 0 Å². The molecule has 178 valence electrons. The topological polar surface area (TPSA) is 77.9 Å². The van der Waals surface area contributed by atoms with Gasteiger partial charge in [-0.25, -0.2) is 5.06 Å². The number of fused-ring (bicyclic) bond motifs is 1. The Hall–Kier alpha value is -4.55. The summed E-state index contributed by atoms with van der Waals surface area (Å²) in [6.45, 7) is 0. The predicted molar refractivity (Wildman–Crippen MR) is 134 cm³/mol. The van der Waals surface area contributed by atoms with Gasteiger partial charge in [-0.2, -0.15) is 0 Å². The third kappa shape index (κ3) is 4.30. The molecule has 4 aromatic carbocycles. The van der Waals surface area contributed by atoms with E-state index in [0.717, 1.165) is 10.5 Å². The lowest BCUT2D eigenvalue weighted by atomic mass is 9.96. The Balaban J connectivity index is 1.56. The van der Waals surface area contributed by atoms with Crippen molar-refractivity contribution in [1.82, 2.24) is 9.96 Å². The van der Waals surface area contributed by atoms with Gasteiger partial charge in [0.2, 0.25) is 0 Å². The Labute approximate surface area is 209 Å². The van der Waals surface area contributed by atoms with Crippen LogP contribution in [-0.2, 0) is 11.2 Å². The third-order valence-corrected chi connectivity index (χ3v) is 6.40. The van der Waals surface area contributed by atoms with Crippen molar-refractivity contribution in [2.45, 2.75) is 18.5 Å². The van der Waals surface area contributed by atoms with E-state index in [0.29, 0.717) is 16.2 Å². The minimum atomic E-state index is -1.24. The maximum atomic E-state index is 14.0. The fourth-order valence-electron chi connectivity index (χ4n) is 4.64. The first-order chi connectivity index (χ1) is 17.6. The monoisotopic (exact) mass is 476 g/mol. The van der Waals surface area contributed by atoms with E-state index >= 15 is 0 Å². The highest BCUT2D eigenvalue weighted by atomic mass is 16.5. The first-order valence-electron chi connectivity index (χ1n) is 11.7. The predicted octanol–water partition coefficient (Wildman–Crippen LogP) is 4.90. The zero-order valence-electron chi connectivity index (χ0n) is 19.4. The molecule has 6 heteroatoms. The number of carbonyl (C=O) groups is 3. The second kappa shape index (κ2) is 9.98. The van der Waals surface area contributed by atoms with Crippen LogP contribution >= 0.6 is 0 Å². The van der Waals surface area contributed by atoms with Gasteiger partial charge < -0.3 is 0 Å². The minimum absolute atomic E-state index is 0.0680. The lowest BCUT2D eigenvalue weighted by Gasteiger charge is -2.33. The van der Waals surface area contributed by atoms with Crippen molar-refractivity contribution in [3.8, 4) is 0 Å². The van der Waals surface area contributed by atoms with Crippen molar-refractivity contribution in [2.75, 3.05) is 0 Å². The molecule has 0 saturated carbocycles. The highest BCUT2D eigenvalue weighted by Crippen LogP contribution is 2.31. The van der Waals surface area contributed by atoms with Gasteiger partial charge in [0.05, 0.1) is 11.1 Å². The summed E-state index contributed by atoms with van der Waals surface area (Å²) in [6, 6.07) is 31.9. The molecule has 0 spiro atoms. The fourth-order valence-corrected chi connectivity index (χ4v) is 4.64. The molecular weight excluding hydrogens is 452 g/mol. The van der Waals surface area contributed by atoms with E-state index in [4.69, 9.17) is 0 Å². The van der Waals surface area contributed by atoms with Crippen LogP contribution in [-0.4, -0.2) is 38.9 Å². The summed E-state index contributed by atoms with van der Waals surface area (Å²) in [5, 5.41) is 12.1. The first kappa shape index (κ1) is 23.2. The second-order valence-corrected chi connectivity index (χ2v) is 8.64. The molecule has 0 radical (unpaired) electrons. The number of rotatable bonds is 7. The molecule has 0 bridgehead atoms. The molecule has 36 heavy (non-hydrogen) atoms. The zero-order valence-corrected chi connectivity index (χ0v) is 19.4. The van der Waals surface area contributed by atoms with Crippen LogP contribution in [0.3, 0.4) is 0 Å². The molecular formula is C30H24N2O4. The van der Waals surface area contributed by atoms with Crippen molar-refractivity contribution in [3.63, 3.8) is 0 Å². The van der Waals surface area contributed by atoms with Crippen LogP contribution < -0.4 is 0 Å². The molecule has 0 saturated heterocycles. The average molecular weight is 477 g/mol. The molecule has 1 aliphatic heterocycles. The maximum absolute atomic E-state index is 14.0.